The molecule has 1 saturated carbocycles. The van der Waals surface area contributed by atoms with Crippen LogP contribution in [0, 0.1) is 0 Å². The summed E-state index contributed by atoms with van der Waals surface area (Å²) in [7, 11) is -4.29. The number of phosphoric acid groups is 1. The van der Waals surface area contributed by atoms with E-state index in [0.29, 0.717) is 5.56 Å². The van der Waals surface area contributed by atoms with Gasteiger partial charge >= 0.3 is 37.4 Å². The van der Waals surface area contributed by atoms with Gasteiger partial charge in [-0.1, -0.05) is 0 Å². The summed E-state index contributed by atoms with van der Waals surface area (Å²) in [4.78, 5) is 22.1. The molecule has 26 heavy (non-hydrogen) atoms. The maximum atomic E-state index is 12.5. The molecule has 1 saturated heterocycles. The molecule has 3 aliphatic heterocycles. The Balaban J connectivity index is 0.00000168. The van der Waals surface area contributed by atoms with Crippen molar-refractivity contribution >= 4 is 13.7 Å². The molecule has 3 N–H and O–H groups in total. The van der Waals surface area contributed by atoms with Crippen molar-refractivity contribution in [2.45, 2.75) is 36.7 Å². The van der Waals surface area contributed by atoms with Crippen molar-refractivity contribution < 1.29 is 72.5 Å². The van der Waals surface area contributed by atoms with Crippen LogP contribution in [0.3, 0.4) is 0 Å². The molecule has 2 fully saturated rings. The van der Waals surface area contributed by atoms with E-state index in [2.05, 4.69) is 5.32 Å². The molecule has 0 aromatic heterocycles. The van der Waals surface area contributed by atoms with Crippen LogP contribution in [0.1, 0.15) is 28.3 Å². The third kappa shape index (κ3) is 2.52. The van der Waals surface area contributed by atoms with Gasteiger partial charge in [0.05, 0.1) is 12.1 Å². The normalized spacial score (nSPS) is 39.3. The van der Waals surface area contributed by atoms with E-state index in [4.69, 9.17) is 18.5 Å². The van der Waals surface area contributed by atoms with Gasteiger partial charge in [0, 0.05) is 11.5 Å². The Hall–Kier alpha value is -0.840. The van der Waals surface area contributed by atoms with Gasteiger partial charge in [0.15, 0.2) is 11.5 Å². The molecule has 1 amide bonds. The van der Waals surface area contributed by atoms with Crippen LogP contribution in [0.2, 0.25) is 0 Å². The maximum Gasteiger partial charge on any atom is 1.00 e. The van der Waals surface area contributed by atoms with E-state index in [1.54, 1.807) is 6.07 Å². The molecule has 1 aromatic carbocycles. The first-order valence-electron chi connectivity index (χ1n) is 7.68. The zero-order valence-corrected chi connectivity index (χ0v) is 16.5. The van der Waals surface area contributed by atoms with Crippen molar-refractivity contribution in [1.29, 1.82) is 0 Å². The number of hydrogen-bond acceptors (Lipinski definition) is 8. The van der Waals surface area contributed by atoms with E-state index in [0.717, 1.165) is 0 Å². The second-order valence-corrected chi connectivity index (χ2v) is 7.78. The first-order valence-corrected chi connectivity index (χ1v) is 9.17. The summed E-state index contributed by atoms with van der Waals surface area (Å²) in [6.07, 6.45) is -2.99. The summed E-state index contributed by atoms with van der Waals surface area (Å²) in [6.45, 7) is -0.110. The van der Waals surface area contributed by atoms with Crippen molar-refractivity contribution in [3.05, 3.63) is 17.2 Å². The Kier molecular flexibility index (Phi) is 4.33. The summed E-state index contributed by atoms with van der Waals surface area (Å²) in [5.74, 6) is -1.47. The van der Waals surface area contributed by atoms with Crippen LogP contribution < -0.4 is 49.5 Å². The largest absolute Gasteiger partial charge is 1.00 e. The summed E-state index contributed by atoms with van der Waals surface area (Å²) in [5.41, 5.74) is 0.339. The number of rotatable bonds is 0. The number of benzene rings is 1. The fourth-order valence-corrected chi connectivity index (χ4v) is 5.24. The number of amides is 1. The average molecular weight is 393 g/mol. The van der Waals surface area contributed by atoms with E-state index in [-0.39, 0.29) is 59.8 Å². The van der Waals surface area contributed by atoms with Crippen LogP contribution in [-0.4, -0.2) is 47.1 Å². The van der Waals surface area contributed by atoms with Crippen LogP contribution in [0.4, 0.5) is 0 Å². The first-order chi connectivity index (χ1) is 11.9. The summed E-state index contributed by atoms with van der Waals surface area (Å²) >= 11 is 0. The zero-order valence-electron chi connectivity index (χ0n) is 13.6. The molecule has 12 heteroatoms. The standard InChI is InChI=1S/C14H14NO9P.Na/c16-6-1-5-4-2-7-12(22-3-21-7)10(17)8(4)14(18)15-9(5)13-11(6)23-25(19,20)24-13;/h2,5-6,9,11,13,16-17H,1,3H2,(H,15,18)(H,19,20);/q;+1/p-1/t5-,6+,9-,11-,13+;/m1./s1. The van der Waals surface area contributed by atoms with Gasteiger partial charge in [-0.15, -0.1) is 0 Å². The topological polar surface area (TPSA) is 147 Å². The minimum absolute atomic E-state index is 0. The summed E-state index contributed by atoms with van der Waals surface area (Å²) in [5, 5.41) is 25.5. The maximum absolute atomic E-state index is 12.5. The average Bonchev–Trinajstić information content (AvgIpc) is 3.12. The molecule has 1 aliphatic carbocycles. The van der Waals surface area contributed by atoms with Gasteiger partial charge in [0.2, 0.25) is 6.79 Å². The Labute approximate surface area is 169 Å². The van der Waals surface area contributed by atoms with Crippen LogP contribution in [-0.2, 0) is 13.6 Å². The van der Waals surface area contributed by atoms with Crippen molar-refractivity contribution in [3.8, 4) is 17.2 Å². The molecule has 6 atom stereocenters. The SMILES string of the molecule is O=C1N[C@H]2[C@@H]3OP(=O)(O)O[C@@H]3[C@@H](O)C[C@@H]2c2cc3c(c([O-])c21)OCO3.[Na+]. The number of phosphoric ester groups is 1. The third-order valence-corrected chi connectivity index (χ3v) is 6.09. The predicted octanol–water partition coefficient (Wildman–Crippen LogP) is -3.66. The van der Waals surface area contributed by atoms with Crippen LogP contribution in [0.5, 0.6) is 17.2 Å². The monoisotopic (exact) mass is 393 g/mol. The molecular formula is C14H13NNaO9P. The summed E-state index contributed by atoms with van der Waals surface area (Å²) in [6, 6.07) is 0.841. The second-order valence-electron chi connectivity index (χ2n) is 6.42. The molecular weight excluding hydrogens is 380 g/mol. The van der Waals surface area contributed by atoms with Crippen molar-refractivity contribution in [2.24, 2.45) is 0 Å². The van der Waals surface area contributed by atoms with E-state index in [9.17, 15) is 24.5 Å². The molecule has 0 radical (unpaired) electrons. The molecule has 1 aromatic rings. The van der Waals surface area contributed by atoms with E-state index < -0.39 is 49.8 Å². The smallest absolute Gasteiger partial charge is 0.869 e. The quantitative estimate of drug-likeness (QED) is 0.300. The van der Waals surface area contributed by atoms with Gasteiger partial charge in [-0.2, -0.15) is 0 Å². The molecule has 10 nitrogen and oxygen atoms in total. The number of carbonyl (C=O) groups excluding carboxylic acids is 1. The van der Waals surface area contributed by atoms with E-state index in [1.807, 2.05) is 0 Å². The van der Waals surface area contributed by atoms with Crippen molar-refractivity contribution in [3.63, 3.8) is 0 Å². The van der Waals surface area contributed by atoms with Crippen LogP contribution in [0.25, 0.3) is 0 Å². The Morgan fingerprint density at radius 1 is 1.27 bits per heavy atom. The Morgan fingerprint density at radius 2 is 2.00 bits per heavy atom. The second kappa shape index (κ2) is 6.08. The minimum Gasteiger partial charge on any atom is -0.869 e. The van der Waals surface area contributed by atoms with Gasteiger partial charge in [0.1, 0.15) is 12.2 Å². The summed E-state index contributed by atoms with van der Waals surface area (Å²) < 4.78 is 32.1. The van der Waals surface area contributed by atoms with Gasteiger partial charge in [-0.25, -0.2) is 4.57 Å². The van der Waals surface area contributed by atoms with E-state index >= 15 is 0 Å². The van der Waals surface area contributed by atoms with Gasteiger partial charge in [-0.05, 0) is 23.8 Å². The van der Waals surface area contributed by atoms with Gasteiger partial charge in [-0.3, -0.25) is 13.8 Å². The van der Waals surface area contributed by atoms with Crippen LogP contribution in [0.15, 0.2) is 6.07 Å². The van der Waals surface area contributed by atoms with E-state index in [1.165, 1.54) is 0 Å². The number of aliphatic hydroxyl groups is 1. The van der Waals surface area contributed by atoms with Crippen LogP contribution >= 0.6 is 7.82 Å². The molecule has 3 heterocycles. The molecule has 134 valence electrons. The fourth-order valence-electron chi connectivity index (χ4n) is 4.07. The predicted molar refractivity (Wildman–Crippen MR) is 76.2 cm³/mol. The third-order valence-electron chi connectivity index (χ3n) is 5.07. The van der Waals surface area contributed by atoms with Crippen molar-refractivity contribution in [2.75, 3.05) is 6.79 Å². The minimum atomic E-state index is -4.29. The zero-order chi connectivity index (χ0) is 17.5. The number of hydrogen-bond donors (Lipinski definition) is 3. The molecule has 0 spiro atoms. The van der Waals surface area contributed by atoms with Gasteiger partial charge < -0.3 is 29.9 Å². The fraction of sp³-hybridized carbons (Fsp3) is 0.500. The first kappa shape index (κ1) is 18.5. The number of fused-ring (bicyclic) bond motifs is 6. The molecule has 0 bridgehead atoms. The number of ether oxygens (including phenoxy) is 2. The Bertz CT molecular complexity index is 848. The molecule has 1 unspecified atom stereocenters. The molecule has 5 rings (SSSR count). The number of nitrogens with one attached hydrogen (secondary N) is 1. The molecule has 4 aliphatic rings. The number of carbonyl (C=O) groups is 1. The van der Waals surface area contributed by atoms with Crippen molar-refractivity contribution in [1.82, 2.24) is 5.32 Å². The Morgan fingerprint density at radius 3 is 2.77 bits per heavy atom. The van der Waals surface area contributed by atoms with Gasteiger partial charge in [0.25, 0.3) is 5.91 Å². The number of aliphatic hydroxyl groups excluding tert-OH is 1.